The van der Waals surface area contributed by atoms with Crippen molar-refractivity contribution in [1.82, 2.24) is 9.88 Å². The summed E-state index contributed by atoms with van der Waals surface area (Å²) in [7, 11) is 0. The van der Waals surface area contributed by atoms with Gasteiger partial charge in [-0.05, 0) is 38.4 Å². The molecule has 1 N–H and O–H groups in total. The third kappa shape index (κ3) is 2.55. The summed E-state index contributed by atoms with van der Waals surface area (Å²) >= 11 is 1.76. The second-order valence-corrected chi connectivity index (χ2v) is 6.50. The molecule has 1 unspecified atom stereocenters. The maximum atomic E-state index is 10.1. The number of aliphatic hydroxyl groups is 1. The number of aromatic nitrogens is 1. The van der Waals surface area contributed by atoms with E-state index in [-0.39, 0.29) is 0 Å². The van der Waals surface area contributed by atoms with Gasteiger partial charge in [0, 0.05) is 6.54 Å². The summed E-state index contributed by atoms with van der Waals surface area (Å²) < 4.78 is 1.25. The maximum absolute atomic E-state index is 10.1. The lowest BCUT2D eigenvalue weighted by Crippen LogP contribution is -2.45. The molecule has 4 heteroatoms. The molecule has 1 aliphatic heterocycles. The van der Waals surface area contributed by atoms with Crippen molar-refractivity contribution in [3.63, 3.8) is 0 Å². The van der Waals surface area contributed by atoms with E-state index in [0.29, 0.717) is 0 Å². The summed E-state index contributed by atoms with van der Waals surface area (Å²) in [5.41, 5.74) is 0.552. The lowest BCUT2D eigenvalue weighted by molar-refractivity contribution is -0.0181. The van der Waals surface area contributed by atoms with Crippen molar-refractivity contribution in [3.8, 4) is 0 Å². The molecule has 0 amide bonds. The Morgan fingerprint density at radius 1 is 1.44 bits per heavy atom. The number of nitrogens with zero attached hydrogens (tertiary/aromatic N) is 2. The number of piperidine rings is 1. The van der Waals surface area contributed by atoms with Crippen LogP contribution in [0.2, 0.25) is 0 Å². The van der Waals surface area contributed by atoms with Gasteiger partial charge in [0.2, 0.25) is 0 Å². The van der Waals surface area contributed by atoms with Gasteiger partial charge in [0.1, 0.15) is 5.01 Å². The highest BCUT2D eigenvalue weighted by Crippen LogP contribution is 2.26. The Morgan fingerprint density at radius 2 is 2.28 bits per heavy atom. The number of para-hydroxylation sites is 1. The molecular formula is C14H18N2OS. The zero-order valence-corrected chi connectivity index (χ0v) is 11.4. The van der Waals surface area contributed by atoms with Gasteiger partial charge in [0.15, 0.2) is 0 Å². The number of thiazole rings is 1. The van der Waals surface area contributed by atoms with E-state index in [1.165, 1.54) is 4.70 Å². The highest BCUT2D eigenvalue weighted by atomic mass is 32.1. The maximum Gasteiger partial charge on any atom is 0.108 e. The van der Waals surface area contributed by atoms with Crippen LogP contribution < -0.4 is 0 Å². The van der Waals surface area contributed by atoms with Crippen LogP contribution in [0.1, 0.15) is 24.8 Å². The monoisotopic (exact) mass is 262 g/mol. The van der Waals surface area contributed by atoms with Crippen molar-refractivity contribution in [2.24, 2.45) is 0 Å². The SMILES string of the molecule is CC1(O)CCCN(Cc2nc3ccccc3s2)C1. The minimum absolute atomic E-state index is 0.533. The Bertz CT molecular complexity index is 516. The van der Waals surface area contributed by atoms with Gasteiger partial charge in [0.25, 0.3) is 0 Å². The van der Waals surface area contributed by atoms with Crippen molar-refractivity contribution >= 4 is 21.6 Å². The van der Waals surface area contributed by atoms with Crippen molar-refractivity contribution in [3.05, 3.63) is 29.3 Å². The molecule has 1 aromatic carbocycles. The average Bonchev–Trinajstić information content (AvgIpc) is 2.69. The van der Waals surface area contributed by atoms with Crippen LogP contribution in [-0.4, -0.2) is 33.7 Å². The van der Waals surface area contributed by atoms with Gasteiger partial charge in [-0.2, -0.15) is 0 Å². The first-order valence-corrected chi connectivity index (χ1v) is 7.23. The fourth-order valence-corrected chi connectivity index (χ4v) is 3.65. The first-order chi connectivity index (χ1) is 8.62. The molecule has 3 nitrogen and oxygen atoms in total. The number of β-amino-alcohol motifs (C(OH)–C–C–N with tert-alkyl or cyclic N) is 1. The molecular weight excluding hydrogens is 244 g/mol. The molecule has 0 radical (unpaired) electrons. The van der Waals surface area contributed by atoms with Gasteiger partial charge in [-0.3, -0.25) is 4.90 Å². The third-order valence-corrected chi connectivity index (χ3v) is 4.47. The van der Waals surface area contributed by atoms with Gasteiger partial charge >= 0.3 is 0 Å². The number of rotatable bonds is 2. The van der Waals surface area contributed by atoms with Gasteiger partial charge in [-0.15, -0.1) is 11.3 Å². The first kappa shape index (κ1) is 12.1. The number of hydrogen-bond acceptors (Lipinski definition) is 4. The Kier molecular flexibility index (Phi) is 3.09. The lowest BCUT2D eigenvalue weighted by Gasteiger charge is -2.36. The van der Waals surface area contributed by atoms with E-state index in [9.17, 15) is 5.11 Å². The normalized spacial score (nSPS) is 25.7. The molecule has 0 bridgehead atoms. The van der Waals surface area contributed by atoms with Crippen molar-refractivity contribution < 1.29 is 5.11 Å². The van der Waals surface area contributed by atoms with Gasteiger partial charge in [-0.1, -0.05) is 12.1 Å². The molecule has 2 heterocycles. The minimum Gasteiger partial charge on any atom is -0.389 e. The van der Waals surface area contributed by atoms with Crippen LogP contribution in [0.25, 0.3) is 10.2 Å². The number of hydrogen-bond donors (Lipinski definition) is 1. The van der Waals surface area contributed by atoms with E-state index in [0.717, 1.165) is 43.0 Å². The number of likely N-dealkylation sites (tertiary alicyclic amines) is 1. The highest BCUT2D eigenvalue weighted by molar-refractivity contribution is 7.18. The molecule has 0 aliphatic carbocycles. The van der Waals surface area contributed by atoms with E-state index in [1.807, 2.05) is 13.0 Å². The third-order valence-electron chi connectivity index (χ3n) is 3.45. The average molecular weight is 262 g/mol. The molecule has 96 valence electrons. The largest absolute Gasteiger partial charge is 0.389 e. The van der Waals surface area contributed by atoms with E-state index < -0.39 is 5.60 Å². The van der Waals surface area contributed by atoms with Crippen molar-refractivity contribution in [1.29, 1.82) is 0 Å². The quantitative estimate of drug-likeness (QED) is 0.904. The summed E-state index contributed by atoms with van der Waals surface area (Å²) in [6.07, 6.45) is 1.97. The Hall–Kier alpha value is -0.970. The predicted molar refractivity (Wildman–Crippen MR) is 74.8 cm³/mol. The molecule has 1 fully saturated rings. The second kappa shape index (κ2) is 4.61. The molecule has 2 aromatic rings. The zero-order valence-electron chi connectivity index (χ0n) is 10.6. The molecule has 1 atom stereocenters. The van der Waals surface area contributed by atoms with Gasteiger partial charge in [-0.25, -0.2) is 4.98 Å². The van der Waals surface area contributed by atoms with Crippen molar-refractivity contribution in [2.75, 3.05) is 13.1 Å². The van der Waals surface area contributed by atoms with Crippen LogP contribution in [-0.2, 0) is 6.54 Å². The molecule has 0 spiro atoms. The van der Waals surface area contributed by atoms with Crippen LogP contribution in [0, 0.1) is 0 Å². The van der Waals surface area contributed by atoms with Crippen LogP contribution in [0.15, 0.2) is 24.3 Å². The zero-order chi connectivity index (χ0) is 12.6. The summed E-state index contributed by atoms with van der Waals surface area (Å²) in [5, 5.41) is 11.3. The van der Waals surface area contributed by atoms with Crippen LogP contribution in [0.5, 0.6) is 0 Å². The Labute approximate surface area is 111 Å². The Balaban J connectivity index is 1.76. The molecule has 1 aromatic heterocycles. The van der Waals surface area contributed by atoms with E-state index >= 15 is 0 Å². The molecule has 0 saturated carbocycles. The van der Waals surface area contributed by atoms with Crippen LogP contribution in [0.4, 0.5) is 0 Å². The Morgan fingerprint density at radius 3 is 3.06 bits per heavy atom. The minimum atomic E-state index is -0.533. The smallest absolute Gasteiger partial charge is 0.108 e. The van der Waals surface area contributed by atoms with Crippen molar-refractivity contribution in [2.45, 2.75) is 31.9 Å². The molecule has 1 aliphatic rings. The molecule has 1 saturated heterocycles. The highest BCUT2D eigenvalue weighted by Gasteiger charge is 2.28. The summed E-state index contributed by atoms with van der Waals surface area (Å²) in [6, 6.07) is 8.25. The summed E-state index contributed by atoms with van der Waals surface area (Å²) in [6.45, 7) is 4.60. The fourth-order valence-electron chi connectivity index (χ4n) is 2.64. The lowest BCUT2D eigenvalue weighted by atomic mass is 9.95. The van der Waals surface area contributed by atoms with E-state index in [4.69, 9.17) is 0 Å². The summed E-state index contributed by atoms with van der Waals surface area (Å²) in [4.78, 5) is 6.96. The van der Waals surface area contributed by atoms with Gasteiger partial charge in [0.05, 0.1) is 22.4 Å². The standard InChI is InChI=1S/C14H18N2OS/c1-14(17)7-4-8-16(10-14)9-13-15-11-5-2-3-6-12(11)18-13/h2-3,5-6,17H,4,7-10H2,1H3. The van der Waals surface area contributed by atoms with Gasteiger partial charge < -0.3 is 5.11 Å². The fraction of sp³-hybridized carbons (Fsp3) is 0.500. The molecule has 3 rings (SSSR count). The number of fused-ring (bicyclic) bond motifs is 1. The predicted octanol–water partition coefficient (Wildman–Crippen LogP) is 2.64. The summed E-state index contributed by atoms with van der Waals surface area (Å²) in [5.74, 6) is 0. The van der Waals surface area contributed by atoms with E-state index in [2.05, 4.69) is 28.1 Å². The van der Waals surface area contributed by atoms with Crippen LogP contribution >= 0.6 is 11.3 Å². The second-order valence-electron chi connectivity index (χ2n) is 5.39. The van der Waals surface area contributed by atoms with Crippen LogP contribution in [0.3, 0.4) is 0 Å². The number of benzene rings is 1. The van der Waals surface area contributed by atoms with E-state index in [1.54, 1.807) is 11.3 Å². The molecule has 18 heavy (non-hydrogen) atoms. The first-order valence-electron chi connectivity index (χ1n) is 6.42. The topological polar surface area (TPSA) is 36.4 Å².